The fourth-order valence-corrected chi connectivity index (χ4v) is 3.93. The van der Waals surface area contributed by atoms with Gasteiger partial charge in [0.2, 0.25) is 10.0 Å². The Bertz CT molecular complexity index is 384. The smallest absolute Gasteiger partial charge is 0.211 e. The van der Waals surface area contributed by atoms with Crippen LogP contribution in [0.1, 0.15) is 39.0 Å². The summed E-state index contributed by atoms with van der Waals surface area (Å²) in [6.45, 7) is 5.69. The maximum Gasteiger partial charge on any atom is 0.211 e. The summed E-state index contributed by atoms with van der Waals surface area (Å²) in [7, 11) is 1.17. The summed E-state index contributed by atoms with van der Waals surface area (Å²) < 4.78 is 25.1. The molecule has 1 aliphatic heterocycles. The minimum atomic E-state index is -3.03. The zero-order valence-electron chi connectivity index (χ0n) is 14.1. The highest BCUT2D eigenvalue weighted by Gasteiger charge is 2.27. The van der Waals surface area contributed by atoms with Crippen molar-refractivity contribution in [3.63, 3.8) is 0 Å². The fourth-order valence-electron chi connectivity index (χ4n) is 2.99. The van der Waals surface area contributed by atoms with Gasteiger partial charge in [-0.1, -0.05) is 6.92 Å². The highest BCUT2D eigenvalue weighted by atomic mass is 32.2. The van der Waals surface area contributed by atoms with E-state index in [1.165, 1.54) is 6.26 Å². The number of piperidine rings is 1. The molecule has 0 aromatic heterocycles. The molecule has 0 saturated carbocycles. The summed E-state index contributed by atoms with van der Waals surface area (Å²) in [6.07, 6.45) is 6.82. The molecule has 126 valence electrons. The number of rotatable bonds is 9. The zero-order valence-corrected chi connectivity index (χ0v) is 15.0. The SMILES string of the molecule is CCCNC(CCN(C)C)CC1CCCN(S(C)(=O)=O)C1. The van der Waals surface area contributed by atoms with Crippen molar-refractivity contribution in [2.75, 3.05) is 46.5 Å². The van der Waals surface area contributed by atoms with Crippen LogP contribution in [0.2, 0.25) is 0 Å². The molecule has 2 atom stereocenters. The predicted octanol–water partition coefficient (Wildman–Crippen LogP) is 1.37. The Labute approximate surface area is 131 Å². The predicted molar refractivity (Wildman–Crippen MR) is 89.0 cm³/mol. The maximum absolute atomic E-state index is 11.7. The molecule has 0 aromatic carbocycles. The largest absolute Gasteiger partial charge is 0.314 e. The fraction of sp³-hybridized carbons (Fsp3) is 1.00. The topological polar surface area (TPSA) is 52.6 Å². The Morgan fingerprint density at radius 2 is 2.10 bits per heavy atom. The van der Waals surface area contributed by atoms with Gasteiger partial charge in [-0.3, -0.25) is 0 Å². The van der Waals surface area contributed by atoms with Gasteiger partial charge in [0.05, 0.1) is 6.26 Å². The van der Waals surface area contributed by atoms with Gasteiger partial charge in [-0.2, -0.15) is 0 Å². The second-order valence-electron chi connectivity index (χ2n) is 6.61. The van der Waals surface area contributed by atoms with Gasteiger partial charge in [-0.15, -0.1) is 0 Å². The zero-order chi connectivity index (χ0) is 15.9. The van der Waals surface area contributed by atoms with Crippen LogP contribution in [0.4, 0.5) is 0 Å². The second kappa shape index (κ2) is 9.08. The maximum atomic E-state index is 11.7. The van der Waals surface area contributed by atoms with E-state index in [0.717, 1.165) is 45.2 Å². The van der Waals surface area contributed by atoms with Gasteiger partial charge < -0.3 is 10.2 Å². The van der Waals surface area contributed by atoms with Crippen LogP contribution in [0.5, 0.6) is 0 Å². The second-order valence-corrected chi connectivity index (χ2v) is 8.59. The van der Waals surface area contributed by atoms with Gasteiger partial charge in [-0.25, -0.2) is 12.7 Å². The number of hydrogen-bond acceptors (Lipinski definition) is 4. The minimum Gasteiger partial charge on any atom is -0.314 e. The Morgan fingerprint density at radius 1 is 1.38 bits per heavy atom. The lowest BCUT2D eigenvalue weighted by molar-refractivity contribution is 0.228. The van der Waals surface area contributed by atoms with E-state index < -0.39 is 10.0 Å². The van der Waals surface area contributed by atoms with E-state index in [1.54, 1.807) is 4.31 Å². The van der Waals surface area contributed by atoms with E-state index in [2.05, 4.69) is 31.2 Å². The van der Waals surface area contributed by atoms with E-state index in [1.807, 2.05) is 0 Å². The molecule has 1 heterocycles. The standard InChI is InChI=1S/C15H33N3O2S/c1-5-9-16-15(8-11-17(2)3)12-14-7-6-10-18(13-14)21(4,19)20/h14-16H,5-13H2,1-4H3. The molecule has 1 N–H and O–H groups in total. The van der Waals surface area contributed by atoms with Crippen molar-refractivity contribution in [2.24, 2.45) is 5.92 Å². The van der Waals surface area contributed by atoms with E-state index >= 15 is 0 Å². The number of nitrogens with one attached hydrogen (secondary N) is 1. The van der Waals surface area contributed by atoms with Crippen LogP contribution in [-0.2, 0) is 10.0 Å². The lowest BCUT2D eigenvalue weighted by Gasteiger charge is -2.33. The summed E-state index contributed by atoms with van der Waals surface area (Å²) in [5, 5.41) is 3.63. The van der Waals surface area contributed by atoms with Crippen molar-refractivity contribution in [1.82, 2.24) is 14.5 Å². The van der Waals surface area contributed by atoms with Crippen molar-refractivity contribution >= 4 is 10.0 Å². The lowest BCUT2D eigenvalue weighted by atomic mass is 9.91. The third kappa shape index (κ3) is 7.58. The average Bonchev–Trinajstić information content (AvgIpc) is 2.41. The molecule has 0 amide bonds. The Balaban J connectivity index is 2.51. The van der Waals surface area contributed by atoms with Crippen LogP contribution in [0.3, 0.4) is 0 Å². The molecule has 0 bridgehead atoms. The highest BCUT2D eigenvalue weighted by molar-refractivity contribution is 7.88. The van der Waals surface area contributed by atoms with E-state index in [0.29, 0.717) is 25.0 Å². The first-order valence-corrected chi connectivity index (χ1v) is 10.0. The van der Waals surface area contributed by atoms with Crippen molar-refractivity contribution in [3.05, 3.63) is 0 Å². The highest BCUT2D eigenvalue weighted by Crippen LogP contribution is 2.23. The van der Waals surface area contributed by atoms with Crippen LogP contribution in [0.15, 0.2) is 0 Å². The van der Waals surface area contributed by atoms with Gasteiger partial charge in [0.1, 0.15) is 0 Å². The van der Waals surface area contributed by atoms with E-state index in [-0.39, 0.29) is 0 Å². The first-order valence-electron chi connectivity index (χ1n) is 8.16. The summed E-state index contributed by atoms with van der Waals surface area (Å²) in [5.74, 6) is 0.491. The molecule has 6 heteroatoms. The first kappa shape index (κ1) is 18.9. The van der Waals surface area contributed by atoms with Crippen LogP contribution < -0.4 is 5.32 Å². The minimum absolute atomic E-state index is 0.491. The van der Waals surface area contributed by atoms with Gasteiger partial charge in [0, 0.05) is 19.1 Å². The molecule has 1 rings (SSSR count). The average molecular weight is 320 g/mol. The molecule has 2 unspecified atom stereocenters. The van der Waals surface area contributed by atoms with Gasteiger partial charge >= 0.3 is 0 Å². The Kier molecular flexibility index (Phi) is 8.16. The van der Waals surface area contributed by atoms with Gasteiger partial charge in [0.25, 0.3) is 0 Å². The molecule has 1 aliphatic rings. The number of sulfonamides is 1. The van der Waals surface area contributed by atoms with Crippen molar-refractivity contribution < 1.29 is 8.42 Å². The molecule has 1 saturated heterocycles. The van der Waals surface area contributed by atoms with Gasteiger partial charge in [-0.05, 0) is 65.2 Å². The molecule has 0 aromatic rings. The molecule has 0 spiro atoms. The molecule has 1 fully saturated rings. The van der Waals surface area contributed by atoms with E-state index in [9.17, 15) is 8.42 Å². The normalized spacial score (nSPS) is 22.6. The molecular weight excluding hydrogens is 286 g/mol. The van der Waals surface area contributed by atoms with Crippen LogP contribution in [0, 0.1) is 5.92 Å². The summed E-state index contributed by atoms with van der Waals surface area (Å²) in [4.78, 5) is 2.21. The molecule has 21 heavy (non-hydrogen) atoms. The molecular formula is C15H33N3O2S. The Morgan fingerprint density at radius 3 is 2.67 bits per heavy atom. The third-order valence-electron chi connectivity index (χ3n) is 4.18. The number of hydrogen-bond donors (Lipinski definition) is 1. The van der Waals surface area contributed by atoms with Crippen molar-refractivity contribution in [1.29, 1.82) is 0 Å². The third-order valence-corrected chi connectivity index (χ3v) is 5.45. The lowest BCUT2D eigenvalue weighted by Crippen LogP contribution is -2.42. The summed E-state index contributed by atoms with van der Waals surface area (Å²) in [5.41, 5.74) is 0. The van der Waals surface area contributed by atoms with Crippen LogP contribution in [0.25, 0.3) is 0 Å². The van der Waals surface area contributed by atoms with Crippen LogP contribution >= 0.6 is 0 Å². The molecule has 0 radical (unpaired) electrons. The monoisotopic (exact) mass is 319 g/mol. The van der Waals surface area contributed by atoms with Crippen molar-refractivity contribution in [2.45, 2.75) is 45.1 Å². The van der Waals surface area contributed by atoms with Gasteiger partial charge in [0.15, 0.2) is 0 Å². The Hall–Kier alpha value is -0.170. The quantitative estimate of drug-likeness (QED) is 0.697. The van der Waals surface area contributed by atoms with Crippen molar-refractivity contribution in [3.8, 4) is 0 Å². The molecule has 0 aliphatic carbocycles. The summed E-state index contributed by atoms with van der Waals surface area (Å²) in [6, 6.07) is 0.497. The first-order chi connectivity index (χ1) is 9.82. The summed E-state index contributed by atoms with van der Waals surface area (Å²) >= 11 is 0. The van der Waals surface area contributed by atoms with Crippen LogP contribution in [-0.4, -0.2) is 70.2 Å². The van der Waals surface area contributed by atoms with E-state index in [4.69, 9.17) is 0 Å². The number of nitrogens with zero attached hydrogens (tertiary/aromatic N) is 2. The molecule has 5 nitrogen and oxygen atoms in total.